The molecule has 4 heteroatoms. The Morgan fingerprint density at radius 3 is 1.02 bits per heavy atom. The normalized spacial score (nSPS) is 13.3. The van der Waals surface area contributed by atoms with Gasteiger partial charge in [0.1, 0.15) is 0 Å². The second-order valence-corrected chi connectivity index (χ2v) is 12.3. The molecule has 1 spiro atoms. The van der Waals surface area contributed by atoms with Gasteiger partial charge in [0, 0.05) is 41.7 Å². The van der Waals surface area contributed by atoms with Crippen LogP contribution in [0.15, 0.2) is 151 Å². The molecule has 44 heavy (non-hydrogen) atoms. The number of benzene rings is 4. The van der Waals surface area contributed by atoms with Crippen LogP contribution in [-0.2, 0) is 5.41 Å². The fourth-order valence-electron chi connectivity index (χ4n) is 7.37. The van der Waals surface area contributed by atoms with Gasteiger partial charge < -0.3 is 0 Å². The van der Waals surface area contributed by atoms with Gasteiger partial charge in [-0.1, -0.05) is 58.4 Å². The molecule has 0 fully saturated rings. The summed E-state index contributed by atoms with van der Waals surface area (Å²) in [6.07, 6.45) is 11.2. The molecule has 206 valence electrons. The van der Waals surface area contributed by atoms with E-state index in [4.69, 9.17) is 0 Å². The summed E-state index contributed by atoms with van der Waals surface area (Å²) in [5, 5.41) is 0. The van der Waals surface area contributed by atoms with E-state index in [0.717, 1.165) is 21.2 Å². The zero-order valence-electron chi connectivity index (χ0n) is 23.6. The summed E-state index contributed by atoms with van der Waals surface area (Å²) in [5.74, 6) is 0. The summed E-state index contributed by atoms with van der Waals surface area (Å²) < 4.78 is 1.07. The van der Waals surface area contributed by atoms with Crippen molar-refractivity contribution in [1.29, 1.82) is 0 Å². The van der Waals surface area contributed by atoms with E-state index in [-0.39, 0.29) is 0 Å². The highest BCUT2D eigenvalue weighted by Crippen LogP contribution is 2.64. The topological polar surface area (TPSA) is 38.7 Å². The van der Waals surface area contributed by atoms with Crippen molar-refractivity contribution in [2.24, 2.45) is 0 Å². The fourth-order valence-corrected chi connectivity index (χ4v) is 7.73. The highest BCUT2D eigenvalue weighted by Gasteiger charge is 2.52. The van der Waals surface area contributed by atoms with Crippen molar-refractivity contribution >= 4 is 15.9 Å². The van der Waals surface area contributed by atoms with Gasteiger partial charge in [0.25, 0.3) is 0 Å². The lowest BCUT2D eigenvalue weighted by molar-refractivity contribution is 0.794. The van der Waals surface area contributed by atoms with E-state index >= 15 is 0 Å². The number of rotatable bonds is 3. The molecule has 4 aromatic carbocycles. The second kappa shape index (κ2) is 9.66. The Kier molecular flexibility index (Phi) is 5.56. The average Bonchev–Trinajstić information content (AvgIpc) is 3.55. The quantitative estimate of drug-likeness (QED) is 0.196. The minimum absolute atomic E-state index is 0.506. The van der Waals surface area contributed by atoms with Crippen LogP contribution >= 0.6 is 15.9 Å². The van der Waals surface area contributed by atoms with Gasteiger partial charge in [0.05, 0.1) is 5.41 Å². The lowest BCUT2D eigenvalue weighted by Gasteiger charge is -2.31. The smallest absolute Gasteiger partial charge is 0.0726 e. The lowest BCUT2D eigenvalue weighted by atomic mass is 9.69. The Morgan fingerprint density at radius 2 is 0.659 bits per heavy atom. The summed E-state index contributed by atoms with van der Waals surface area (Å²) in [6, 6.07) is 40.2. The third-order valence-corrected chi connectivity index (χ3v) is 9.77. The minimum atomic E-state index is -0.506. The molecule has 0 bridgehead atoms. The van der Waals surface area contributed by atoms with Gasteiger partial charge >= 0.3 is 0 Å². The van der Waals surface area contributed by atoms with Crippen molar-refractivity contribution < 1.29 is 0 Å². The first-order chi connectivity index (χ1) is 21.7. The number of halogens is 1. The van der Waals surface area contributed by atoms with Crippen molar-refractivity contribution in [3.63, 3.8) is 0 Å². The molecule has 3 nitrogen and oxygen atoms in total. The molecule has 7 aromatic rings. The summed E-state index contributed by atoms with van der Waals surface area (Å²) in [5.41, 5.74) is 16.8. The summed E-state index contributed by atoms with van der Waals surface area (Å²) in [4.78, 5) is 12.8. The van der Waals surface area contributed by atoms with Gasteiger partial charge in [-0.3, -0.25) is 15.0 Å². The first kappa shape index (κ1) is 25.3. The SMILES string of the molecule is Brc1ccc2c(c1)C1(c3cc(-c4ccncc4)ccc3-2)c2cc(-c3ccncc3)ccc2-c2ccc(-c3ccncc3)cc21. The predicted molar refractivity (Wildman–Crippen MR) is 180 cm³/mol. The largest absolute Gasteiger partial charge is 0.265 e. The van der Waals surface area contributed by atoms with Gasteiger partial charge in [0.2, 0.25) is 0 Å². The third-order valence-electron chi connectivity index (χ3n) is 9.28. The standard InChI is InChI=1S/C40H24BrN3/c41-31-4-8-35-34-7-3-30(27-13-19-44-20-14-27)23-38(34)40(39(35)24-31)36-21-28(25-9-15-42-16-10-25)1-5-32(36)33-6-2-29(22-37(33)40)26-11-17-43-18-12-26/h1-24H. The number of nitrogens with zero attached hydrogens (tertiary/aromatic N) is 3. The zero-order chi connectivity index (χ0) is 29.3. The number of fused-ring (bicyclic) bond motifs is 10. The Morgan fingerprint density at radius 1 is 0.341 bits per heavy atom. The highest BCUT2D eigenvalue weighted by molar-refractivity contribution is 9.10. The number of hydrogen-bond donors (Lipinski definition) is 0. The molecule has 2 aliphatic rings. The maximum atomic E-state index is 4.28. The minimum Gasteiger partial charge on any atom is -0.265 e. The van der Waals surface area contributed by atoms with Gasteiger partial charge in [0.15, 0.2) is 0 Å². The molecular formula is C40H24BrN3. The van der Waals surface area contributed by atoms with Crippen LogP contribution in [0.1, 0.15) is 22.3 Å². The molecule has 3 heterocycles. The Labute approximate surface area is 264 Å². The van der Waals surface area contributed by atoms with Crippen LogP contribution in [0.5, 0.6) is 0 Å². The van der Waals surface area contributed by atoms with E-state index in [1.807, 2.05) is 37.2 Å². The fraction of sp³-hybridized carbons (Fsp3) is 0.0250. The van der Waals surface area contributed by atoms with Crippen molar-refractivity contribution in [2.45, 2.75) is 5.41 Å². The molecule has 2 aliphatic carbocycles. The molecule has 0 N–H and O–H groups in total. The van der Waals surface area contributed by atoms with Crippen molar-refractivity contribution in [1.82, 2.24) is 15.0 Å². The lowest BCUT2D eigenvalue weighted by Crippen LogP contribution is -2.26. The van der Waals surface area contributed by atoms with Crippen LogP contribution in [0, 0.1) is 0 Å². The van der Waals surface area contributed by atoms with Crippen LogP contribution in [0.25, 0.3) is 55.6 Å². The van der Waals surface area contributed by atoms with Gasteiger partial charge in [-0.05, 0) is 145 Å². The Balaban J connectivity index is 1.41. The molecule has 0 aliphatic heterocycles. The van der Waals surface area contributed by atoms with Crippen LogP contribution in [-0.4, -0.2) is 15.0 Å². The molecule has 0 atom stereocenters. The van der Waals surface area contributed by atoms with E-state index in [0.29, 0.717) is 0 Å². The summed E-state index contributed by atoms with van der Waals surface area (Å²) in [7, 11) is 0. The van der Waals surface area contributed by atoms with Crippen LogP contribution in [0.3, 0.4) is 0 Å². The number of aromatic nitrogens is 3. The van der Waals surface area contributed by atoms with Crippen molar-refractivity contribution in [3.8, 4) is 55.6 Å². The second-order valence-electron chi connectivity index (χ2n) is 11.4. The molecule has 0 radical (unpaired) electrons. The van der Waals surface area contributed by atoms with Crippen molar-refractivity contribution in [3.05, 3.63) is 173 Å². The first-order valence-corrected chi connectivity index (χ1v) is 15.5. The number of pyridine rings is 3. The molecule has 0 unspecified atom stereocenters. The van der Waals surface area contributed by atoms with Crippen LogP contribution < -0.4 is 0 Å². The predicted octanol–water partition coefficient (Wildman–Crippen LogP) is 9.98. The zero-order valence-corrected chi connectivity index (χ0v) is 25.2. The van der Waals surface area contributed by atoms with E-state index in [2.05, 4.69) is 140 Å². The van der Waals surface area contributed by atoms with E-state index in [1.54, 1.807) is 0 Å². The number of hydrogen-bond acceptors (Lipinski definition) is 3. The van der Waals surface area contributed by atoms with Gasteiger partial charge in [-0.15, -0.1) is 0 Å². The first-order valence-electron chi connectivity index (χ1n) is 14.7. The van der Waals surface area contributed by atoms with Gasteiger partial charge in [-0.2, -0.15) is 0 Å². The Hall–Kier alpha value is -5.19. The average molecular weight is 627 g/mol. The molecule has 0 saturated heterocycles. The monoisotopic (exact) mass is 625 g/mol. The molecular weight excluding hydrogens is 602 g/mol. The van der Waals surface area contributed by atoms with Crippen LogP contribution in [0.2, 0.25) is 0 Å². The summed E-state index contributed by atoms with van der Waals surface area (Å²) in [6.45, 7) is 0. The van der Waals surface area contributed by atoms with E-state index in [1.165, 1.54) is 61.2 Å². The van der Waals surface area contributed by atoms with Crippen LogP contribution in [0.4, 0.5) is 0 Å². The summed E-state index contributed by atoms with van der Waals surface area (Å²) >= 11 is 3.85. The van der Waals surface area contributed by atoms with Gasteiger partial charge in [-0.25, -0.2) is 0 Å². The molecule has 0 saturated carbocycles. The molecule has 3 aromatic heterocycles. The maximum Gasteiger partial charge on any atom is 0.0726 e. The van der Waals surface area contributed by atoms with Crippen molar-refractivity contribution in [2.75, 3.05) is 0 Å². The Bertz CT molecular complexity index is 2070. The molecule has 9 rings (SSSR count). The van der Waals surface area contributed by atoms with E-state index in [9.17, 15) is 0 Å². The highest BCUT2D eigenvalue weighted by atomic mass is 79.9. The third kappa shape index (κ3) is 3.58. The molecule has 0 amide bonds. The maximum absolute atomic E-state index is 4.28. The van der Waals surface area contributed by atoms with E-state index < -0.39 is 5.41 Å².